The molecule has 0 saturated heterocycles. The molecule has 0 unspecified atom stereocenters. The molecule has 0 radical (unpaired) electrons. The van der Waals surface area contributed by atoms with E-state index in [4.69, 9.17) is 4.42 Å². The molecule has 4 aliphatic rings. The number of hydrogen-bond acceptors (Lipinski definition) is 2. The highest BCUT2D eigenvalue weighted by atomic mass is 16.3. The minimum Gasteiger partial charge on any atom is -0.456 e. The first-order valence-corrected chi connectivity index (χ1v) is 24.1. The number of furan rings is 1. The van der Waals surface area contributed by atoms with E-state index in [1.54, 1.807) is 0 Å². The molecule has 0 saturated carbocycles. The number of aromatic nitrogens is 1. The van der Waals surface area contributed by atoms with Crippen LogP contribution in [0.25, 0.3) is 71.7 Å². The van der Waals surface area contributed by atoms with Crippen molar-refractivity contribution >= 4 is 72.9 Å². The van der Waals surface area contributed by atoms with E-state index < -0.39 is 0 Å². The maximum absolute atomic E-state index is 6.84. The predicted octanol–water partition coefficient (Wildman–Crippen LogP) is 15.2. The Labute approximate surface area is 384 Å². The zero-order valence-electron chi connectivity index (χ0n) is 40.3. The van der Waals surface area contributed by atoms with E-state index in [1.165, 1.54) is 118 Å². The van der Waals surface area contributed by atoms with Gasteiger partial charge in [0.25, 0.3) is 0 Å². The standard InChI is InChI=1S/C61H59BN2O/c1-57(2,3)34-21-24-36(25-22-34)64-48-31-39-37-17-14-16-20-49(37)65-50(39)32-41(48)52-51-38-18-13-15-19-42(38)61(11,12)54(51)53-40-30-43-44(60(9,10)28-27-59(43,7)8)33-47(40)63-46-26-23-35(58(4,5)6)29-45(46)62(64)55(52)56(53)63/h13-26,29-33H,27-28H2,1-12H3. The van der Waals surface area contributed by atoms with Gasteiger partial charge in [0.15, 0.2) is 0 Å². The normalized spacial score (nSPS) is 17.4. The van der Waals surface area contributed by atoms with Crippen LogP contribution in [0.2, 0.25) is 0 Å². The summed E-state index contributed by atoms with van der Waals surface area (Å²) in [5.41, 5.74) is 24.8. The molecule has 0 spiro atoms. The molecule has 0 amide bonds. The van der Waals surface area contributed by atoms with Crippen LogP contribution >= 0.6 is 0 Å². The largest absolute Gasteiger partial charge is 0.456 e. The van der Waals surface area contributed by atoms with Crippen molar-refractivity contribution < 1.29 is 4.42 Å². The first-order valence-electron chi connectivity index (χ1n) is 24.1. The van der Waals surface area contributed by atoms with Gasteiger partial charge in [-0.2, -0.15) is 0 Å². The molecule has 13 rings (SSSR count). The van der Waals surface area contributed by atoms with E-state index in [1.807, 2.05) is 0 Å². The van der Waals surface area contributed by atoms with Crippen LogP contribution in [0.15, 0.2) is 120 Å². The Balaban J connectivity index is 1.29. The van der Waals surface area contributed by atoms with E-state index in [-0.39, 0.29) is 33.9 Å². The second-order valence-corrected chi connectivity index (χ2v) is 24.0. The highest BCUT2D eigenvalue weighted by Gasteiger charge is 2.51. The smallest absolute Gasteiger partial charge is 0.333 e. The molecule has 2 aliphatic carbocycles. The number of anilines is 2. The van der Waals surface area contributed by atoms with Gasteiger partial charge in [0.1, 0.15) is 11.2 Å². The van der Waals surface area contributed by atoms with E-state index in [2.05, 4.69) is 208 Å². The lowest BCUT2D eigenvalue weighted by molar-refractivity contribution is 0.332. The Hall–Kier alpha value is -6.00. The molecule has 0 N–H and O–H groups in total. The lowest BCUT2D eigenvalue weighted by atomic mass is 9.43. The summed E-state index contributed by atoms with van der Waals surface area (Å²) < 4.78 is 9.57. The molecule has 2 aromatic heterocycles. The summed E-state index contributed by atoms with van der Waals surface area (Å²) in [6.07, 6.45) is 2.35. The van der Waals surface area contributed by atoms with Crippen LogP contribution in [-0.2, 0) is 27.1 Å². The van der Waals surface area contributed by atoms with Gasteiger partial charge in [0.05, 0.1) is 11.0 Å². The Morgan fingerprint density at radius 3 is 1.94 bits per heavy atom. The fraction of sp³-hybridized carbons (Fsp3) is 0.311. The quantitative estimate of drug-likeness (QED) is 0.154. The van der Waals surface area contributed by atoms with E-state index >= 15 is 0 Å². The average molecular weight is 847 g/mol. The van der Waals surface area contributed by atoms with Crippen molar-refractivity contribution in [1.29, 1.82) is 0 Å². The van der Waals surface area contributed by atoms with Gasteiger partial charge in [-0.1, -0.05) is 150 Å². The number of rotatable bonds is 1. The molecule has 4 heteroatoms. The second kappa shape index (κ2) is 12.3. The van der Waals surface area contributed by atoms with Gasteiger partial charge in [-0.3, -0.25) is 0 Å². The van der Waals surface area contributed by atoms with Crippen molar-refractivity contribution in [3.05, 3.63) is 149 Å². The van der Waals surface area contributed by atoms with Crippen molar-refractivity contribution in [2.75, 3.05) is 4.81 Å². The first kappa shape index (κ1) is 39.4. The van der Waals surface area contributed by atoms with Crippen LogP contribution in [0.3, 0.4) is 0 Å². The molecule has 322 valence electrons. The van der Waals surface area contributed by atoms with Crippen molar-refractivity contribution in [3.63, 3.8) is 0 Å². The van der Waals surface area contributed by atoms with Crippen molar-refractivity contribution in [2.45, 2.75) is 123 Å². The van der Waals surface area contributed by atoms with E-state index in [9.17, 15) is 0 Å². The summed E-state index contributed by atoms with van der Waals surface area (Å²) in [5, 5.41) is 5.11. The first-order chi connectivity index (χ1) is 30.8. The van der Waals surface area contributed by atoms with Crippen LogP contribution in [0, 0.1) is 0 Å². The van der Waals surface area contributed by atoms with E-state index in [0.717, 1.165) is 21.9 Å². The lowest BCUT2D eigenvalue weighted by Gasteiger charge is -2.43. The summed E-state index contributed by atoms with van der Waals surface area (Å²) in [5.74, 6) is 0. The molecule has 0 bridgehead atoms. The van der Waals surface area contributed by atoms with Crippen LogP contribution in [-0.4, -0.2) is 11.4 Å². The van der Waals surface area contributed by atoms with Crippen molar-refractivity contribution in [2.24, 2.45) is 0 Å². The Morgan fingerprint density at radius 1 is 0.554 bits per heavy atom. The number of benzene rings is 7. The molecule has 7 aromatic carbocycles. The van der Waals surface area contributed by atoms with Gasteiger partial charge < -0.3 is 13.8 Å². The predicted molar refractivity (Wildman–Crippen MR) is 277 cm³/mol. The Bertz CT molecular complexity index is 3600. The van der Waals surface area contributed by atoms with E-state index in [0.29, 0.717) is 0 Å². The van der Waals surface area contributed by atoms with Crippen LogP contribution in [0.5, 0.6) is 0 Å². The molecular formula is C61H59BN2O. The SMILES string of the molecule is CC(C)(C)c1ccc(N2B3c4cc(C(C)(C)C)ccc4-n4c5cc6c(cc5c5c7c(c(c3c54)-c3cc4oc5ccccc5c4cc32)-c2ccccc2C7(C)C)C(C)(C)CCC6(C)C)cc1. The lowest BCUT2D eigenvalue weighted by Crippen LogP contribution is -2.61. The summed E-state index contributed by atoms with van der Waals surface area (Å²) >= 11 is 0. The third-order valence-corrected chi connectivity index (χ3v) is 16.7. The minimum atomic E-state index is -0.250. The third kappa shape index (κ3) is 5.04. The molecule has 2 aliphatic heterocycles. The van der Waals surface area contributed by atoms with Crippen molar-refractivity contribution in [3.8, 4) is 27.9 Å². The minimum absolute atomic E-state index is 0.0298. The highest BCUT2D eigenvalue weighted by Crippen LogP contribution is 2.60. The summed E-state index contributed by atoms with van der Waals surface area (Å²) in [6.45, 7) is 28.8. The molecule has 0 fully saturated rings. The van der Waals surface area contributed by atoms with Gasteiger partial charge in [0.2, 0.25) is 0 Å². The zero-order chi connectivity index (χ0) is 45.1. The average Bonchev–Trinajstić information content (AvgIpc) is 3.88. The van der Waals surface area contributed by atoms with Crippen molar-refractivity contribution in [1.82, 2.24) is 4.57 Å². The Kier molecular flexibility index (Phi) is 7.43. The fourth-order valence-corrected chi connectivity index (χ4v) is 13.0. The summed E-state index contributed by atoms with van der Waals surface area (Å²) in [7, 11) is 0. The molecule has 4 heterocycles. The number of fused-ring (bicyclic) bond motifs is 17. The number of para-hydroxylation sites is 1. The van der Waals surface area contributed by atoms with Crippen LogP contribution in [0.4, 0.5) is 11.4 Å². The molecular weight excluding hydrogens is 787 g/mol. The second-order valence-electron chi connectivity index (χ2n) is 24.0. The Morgan fingerprint density at radius 2 is 1.22 bits per heavy atom. The summed E-state index contributed by atoms with van der Waals surface area (Å²) in [4.78, 5) is 2.72. The van der Waals surface area contributed by atoms with Gasteiger partial charge >= 0.3 is 6.85 Å². The molecule has 9 aromatic rings. The summed E-state index contributed by atoms with van der Waals surface area (Å²) in [6, 6.07) is 45.1. The van der Waals surface area contributed by atoms with Gasteiger partial charge in [-0.05, 0) is 144 Å². The zero-order valence-corrected chi connectivity index (χ0v) is 40.3. The maximum atomic E-state index is 6.84. The fourth-order valence-electron chi connectivity index (χ4n) is 13.0. The molecule has 0 atom stereocenters. The topological polar surface area (TPSA) is 21.3 Å². The van der Waals surface area contributed by atoms with Crippen LogP contribution in [0.1, 0.15) is 129 Å². The molecule has 3 nitrogen and oxygen atoms in total. The van der Waals surface area contributed by atoms with Gasteiger partial charge in [-0.25, -0.2) is 0 Å². The number of nitrogens with zero attached hydrogens (tertiary/aromatic N) is 2. The third-order valence-electron chi connectivity index (χ3n) is 16.7. The highest BCUT2D eigenvalue weighted by molar-refractivity contribution is 6.94. The van der Waals surface area contributed by atoms with Crippen LogP contribution < -0.4 is 15.7 Å². The monoisotopic (exact) mass is 846 g/mol. The van der Waals surface area contributed by atoms with Gasteiger partial charge in [-0.15, -0.1) is 0 Å². The van der Waals surface area contributed by atoms with Gasteiger partial charge in [0, 0.05) is 49.6 Å². The maximum Gasteiger partial charge on any atom is 0.333 e. The molecule has 65 heavy (non-hydrogen) atoms. The number of hydrogen-bond donors (Lipinski definition) is 0.